The van der Waals surface area contributed by atoms with Gasteiger partial charge < -0.3 is 9.64 Å². The number of hydrogen-bond acceptors (Lipinski definition) is 6. The number of hydrogen-bond donors (Lipinski definition) is 0. The molecule has 3 aromatic rings. The van der Waals surface area contributed by atoms with Crippen LogP contribution in [0.4, 0.5) is 5.82 Å². The summed E-state index contributed by atoms with van der Waals surface area (Å²) < 4.78 is 7.47. The molecule has 1 saturated heterocycles. The molecule has 0 atom stereocenters. The third kappa shape index (κ3) is 3.54. The van der Waals surface area contributed by atoms with Crippen molar-refractivity contribution in [3.05, 3.63) is 47.8 Å². The van der Waals surface area contributed by atoms with Gasteiger partial charge in [-0.2, -0.15) is 4.52 Å². The third-order valence-corrected chi connectivity index (χ3v) is 5.55. The summed E-state index contributed by atoms with van der Waals surface area (Å²) >= 11 is 0. The molecule has 0 amide bonds. The highest BCUT2D eigenvalue weighted by molar-refractivity contribution is 5.46. The zero-order valence-corrected chi connectivity index (χ0v) is 16.3. The molecule has 5 rings (SSSR count). The van der Waals surface area contributed by atoms with E-state index in [-0.39, 0.29) is 0 Å². The topological polar surface area (TPSA) is 58.8 Å². The van der Waals surface area contributed by atoms with Crippen LogP contribution >= 0.6 is 0 Å². The Labute approximate surface area is 164 Å². The predicted octanol–water partition coefficient (Wildman–Crippen LogP) is 2.72. The Hall–Kier alpha value is -2.67. The van der Waals surface area contributed by atoms with E-state index in [9.17, 15) is 0 Å². The SMILES string of the molecule is CCOc1ccc(CN2CCN(c3ccc4nnc(C5CC5)n4n3)CC2)cc1. The average Bonchev–Trinajstić information content (AvgIpc) is 3.49. The summed E-state index contributed by atoms with van der Waals surface area (Å²) in [4.78, 5) is 4.86. The van der Waals surface area contributed by atoms with Crippen LogP contribution in [0.15, 0.2) is 36.4 Å². The summed E-state index contributed by atoms with van der Waals surface area (Å²) in [6, 6.07) is 12.6. The lowest BCUT2D eigenvalue weighted by molar-refractivity contribution is 0.249. The van der Waals surface area contributed by atoms with Crippen molar-refractivity contribution in [2.24, 2.45) is 0 Å². The molecule has 3 heterocycles. The van der Waals surface area contributed by atoms with Crippen LogP contribution in [0.25, 0.3) is 5.65 Å². The summed E-state index contributed by atoms with van der Waals surface area (Å²) in [6.07, 6.45) is 2.41. The molecule has 1 aromatic carbocycles. The number of piperazine rings is 1. The second kappa shape index (κ2) is 7.39. The molecule has 2 aliphatic rings. The molecular formula is C21H26N6O. The first-order valence-corrected chi connectivity index (χ1v) is 10.2. The van der Waals surface area contributed by atoms with Crippen molar-refractivity contribution in [1.29, 1.82) is 0 Å². The van der Waals surface area contributed by atoms with E-state index in [2.05, 4.69) is 50.3 Å². The van der Waals surface area contributed by atoms with Gasteiger partial charge in [-0.3, -0.25) is 4.90 Å². The third-order valence-electron chi connectivity index (χ3n) is 5.55. The minimum Gasteiger partial charge on any atom is -0.494 e. The number of anilines is 1. The maximum atomic E-state index is 5.53. The van der Waals surface area contributed by atoms with Gasteiger partial charge in [-0.15, -0.1) is 15.3 Å². The van der Waals surface area contributed by atoms with Crippen LogP contribution in [0.2, 0.25) is 0 Å². The fourth-order valence-corrected chi connectivity index (χ4v) is 3.81. The van der Waals surface area contributed by atoms with Crippen LogP contribution in [0.5, 0.6) is 5.75 Å². The zero-order valence-electron chi connectivity index (χ0n) is 16.3. The Bertz CT molecular complexity index is 941. The first-order chi connectivity index (χ1) is 13.8. The Balaban J connectivity index is 1.22. The van der Waals surface area contributed by atoms with E-state index in [4.69, 9.17) is 9.84 Å². The smallest absolute Gasteiger partial charge is 0.178 e. The first-order valence-electron chi connectivity index (χ1n) is 10.2. The number of nitrogens with zero attached hydrogens (tertiary/aromatic N) is 6. The maximum Gasteiger partial charge on any atom is 0.178 e. The van der Waals surface area contributed by atoms with E-state index >= 15 is 0 Å². The quantitative estimate of drug-likeness (QED) is 0.657. The Morgan fingerprint density at radius 1 is 0.964 bits per heavy atom. The number of fused-ring (bicyclic) bond motifs is 1. The molecule has 1 aliphatic carbocycles. The van der Waals surface area contributed by atoms with Gasteiger partial charge in [-0.05, 0) is 49.6 Å². The molecule has 28 heavy (non-hydrogen) atoms. The number of ether oxygens (including phenoxy) is 1. The molecule has 2 fully saturated rings. The molecule has 0 N–H and O–H groups in total. The van der Waals surface area contributed by atoms with E-state index in [1.54, 1.807) is 0 Å². The van der Waals surface area contributed by atoms with Gasteiger partial charge >= 0.3 is 0 Å². The lowest BCUT2D eigenvalue weighted by Gasteiger charge is -2.35. The van der Waals surface area contributed by atoms with Gasteiger partial charge in [-0.25, -0.2) is 0 Å². The fourth-order valence-electron chi connectivity index (χ4n) is 3.81. The molecular weight excluding hydrogens is 352 g/mol. The van der Waals surface area contributed by atoms with Crippen molar-refractivity contribution < 1.29 is 4.74 Å². The highest BCUT2D eigenvalue weighted by atomic mass is 16.5. The van der Waals surface area contributed by atoms with Gasteiger partial charge in [0.1, 0.15) is 11.6 Å². The van der Waals surface area contributed by atoms with E-state index < -0.39 is 0 Å². The van der Waals surface area contributed by atoms with Crippen molar-refractivity contribution in [1.82, 2.24) is 24.7 Å². The van der Waals surface area contributed by atoms with Crippen LogP contribution in [0.1, 0.15) is 37.1 Å². The van der Waals surface area contributed by atoms with Crippen molar-refractivity contribution in [3.63, 3.8) is 0 Å². The number of aromatic nitrogens is 4. The van der Waals surface area contributed by atoms with Gasteiger partial charge in [0.2, 0.25) is 0 Å². The van der Waals surface area contributed by atoms with E-state index in [0.717, 1.165) is 55.8 Å². The molecule has 7 heteroatoms. The van der Waals surface area contributed by atoms with Gasteiger partial charge in [-0.1, -0.05) is 12.1 Å². The summed E-state index contributed by atoms with van der Waals surface area (Å²) in [5.74, 6) is 3.53. The van der Waals surface area contributed by atoms with E-state index in [1.165, 1.54) is 18.4 Å². The summed E-state index contributed by atoms with van der Waals surface area (Å²) in [5.41, 5.74) is 2.18. The largest absolute Gasteiger partial charge is 0.494 e. The van der Waals surface area contributed by atoms with Crippen molar-refractivity contribution in [2.45, 2.75) is 32.2 Å². The predicted molar refractivity (Wildman–Crippen MR) is 108 cm³/mol. The molecule has 1 saturated carbocycles. The highest BCUT2D eigenvalue weighted by Crippen LogP contribution is 2.38. The van der Waals surface area contributed by atoms with Gasteiger partial charge in [0, 0.05) is 38.6 Å². The Morgan fingerprint density at radius 3 is 2.46 bits per heavy atom. The summed E-state index contributed by atoms with van der Waals surface area (Å²) in [7, 11) is 0. The Morgan fingerprint density at radius 2 is 1.75 bits per heavy atom. The van der Waals surface area contributed by atoms with Crippen molar-refractivity contribution >= 4 is 11.5 Å². The zero-order chi connectivity index (χ0) is 18.9. The van der Waals surface area contributed by atoms with Crippen molar-refractivity contribution in [3.8, 4) is 5.75 Å². The second-order valence-electron chi connectivity index (χ2n) is 7.63. The minimum absolute atomic E-state index is 0.545. The molecule has 0 bridgehead atoms. The lowest BCUT2D eigenvalue weighted by Crippen LogP contribution is -2.46. The normalized spacial score (nSPS) is 18.0. The molecule has 1 aliphatic heterocycles. The van der Waals surface area contributed by atoms with Gasteiger partial charge in [0.15, 0.2) is 11.5 Å². The molecule has 0 radical (unpaired) electrons. The molecule has 7 nitrogen and oxygen atoms in total. The van der Waals surface area contributed by atoms with E-state index in [1.807, 2.05) is 17.5 Å². The first kappa shape index (κ1) is 17.4. The molecule has 0 unspecified atom stereocenters. The van der Waals surface area contributed by atoms with Gasteiger partial charge in [0.25, 0.3) is 0 Å². The van der Waals surface area contributed by atoms with E-state index in [0.29, 0.717) is 12.5 Å². The van der Waals surface area contributed by atoms with Gasteiger partial charge in [0.05, 0.1) is 6.61 Å². The van der Waals surface area contributed by atoms with Crippen LogP contribution in [0, 0.1) is 0 Å². The average molecular weight is 378 g/mol. The molecule has 0 spiro atoms. The van der Waals surface area contributed by atoms with Crippen LogP contribution in [0.3, 0.4) is 0 Å². The van der Waals surface area contributed by atoms with Crippen LogP contribution < -0.4 is 9.64 Å². The minimum atomic E-state index is 0.545. The van der Waals surface area contributed by atoms with Crippen molar-refractivity contribution in [2.75, 3.05) is 37.7 Å². The highest BCUT2D eigenvalue weighted by Gasteiger charge is 2.29. The van der Waals surface area contributed by atoms with Crippen LogP contribution in [-0.2, 0) is 6.54 Å². The lowest BCUT2D eigenvalue weighted by atomic mass is 10.2. The number of benzene rings is 1. The monoisotopic (exact) mass is 378 g/mol. The summed E-state index contributed by atoms with van der Waals surface area (Å²) in [5, 5.41) is 13.4. The maximum absolute atomic E-state index is 5.53. The molecule has 146 valence electrons. The standard InChI is InChI=1S/C21H26N6O/c1-2-28-18-7-3-16(4-8-18)15-25-11-13-26(14-12-25)20-10-9-19-22-23-21(17-5-6-17)27(19)24-20/h3-4,7-10,17H,2,5-6,11-15H2,1H3. The summed E-state index contributed by atoms with van der Waals surface area (Å²) in [6.45, 7) is 7.72. The fraction of sp³-hybridized carbons (Fsp3) is 0.476. The second-order valence-corrected chi connectivity index (χ2v) is 7.63. The Kier molecular flexibility index (Phi) is 4.60. The van der Waals surface area contributed by atoms with Crippen LogP contribution in [-0.4, -0.2) is 57.5 Å². The molecule has 2 aromatic heterocycles. The number of rotatable bonds is 6.